The summed E-state index contributed by atoms with van der Waals surface area (Å²) in [5.41, 5.74) is 0. The Morgan fingerprint density at radius 1 is 1.08 bits per heavy atom. The van der Waals surface area contributed by atoms with Gasteiger partial charge < -0.3 is 9.15 Å². The van der Waals surface area contributed by atoms with Gasteiger partial charge in [0.1, 0.15) is 11.5 Å². The minimum absolute atomic E-state index is 0.173. The second-order valence-corrected chi connectivity index (χ2v) is 7.43. The Balaban J connectivity index is 1.26. The Kier molecular flexibility index (Phi) is 3.79. The first-order valence-corrected chi connectivity index (χ1v) is 9.19. The van der Waals surface area contributed by atoms with Gasteiger partial charge in [-0.1, -0.05) is 12.2 Å². The van der Waals surface area contributed by atoms with Crippen LogP contribution in [0.1, 0.15) is 17.9 Å². The van der Waals surface area contributed by atoms with Crippen LogP contribution in [0.4, 0.5) is 0 Å². The van der Waals surface area contributed by atoms with Crippen LogP contribution in [0.5, 0.6) is 0 Å². The van der Waals surface area contributed by atoms with Crippen LogP contribution in [0.25, 0.3) is 0 Å². The Morgan fingerprint density at radius 2 is 1.77 bits per heavy atom. The molecule has 1 aromatic heterocycles. The number of furan rings is 1. The third kappa shape index (κ3) is 2.54. The number of ether oxygens (including phenoxy) is 1. The number of carbonyl (C=O) groups excluding carboxylic acids is 2. The molecule has 0 radical (unpaired) electrons. The van der Waals surface area contributed by atoms with Crippen molar-refractivity contribution in [1.29, 1.82) is 0 Å². The van der Waals surface area contributed by atoms with Gasteiger partial charge in [-0.2, -0.15) is 10.1 Å². The summed E-state index contributed by atoms with van der Waals surface area (Å²) in [6, 6.07) is 3.72. The summed E-state index contributed by atoms with van der Waals surface area (Å²) in [4.78, 5) is 27.4. The van der Waals surface area contributed by atoms with Gasteiger partial charge in [0.15, 0.2) is 0 Å². The number of rotatable bonds is 4. The smallest absolute Gasteiger partial charge is 0.254 e. The van der Waals surface area contributed by atoms with Gasteiger partial charge in [0.05, 0.1) is 37.8 Å². The number of allylic oxidation sites excluding steroid dienone is 2. The number of hydrogen-bond donors (Lipinski definition) is 0. The van der Waals surface area contributed by atoms with Crippen molar-refractivity contribution in [2.45, 2.75) is 13.0 Å². The minimum Gasteiger partial charge on any atom is -0.459 e. The van der Waals surface area contributed by atoms with Crippen molar-refractivity contribution < 1.29 is 18.7 Å². The zero-order chi connectivity index (χ0) is 17.7. The third-order valence-corrected chi connectivity index (χ3v) is 5.91. The van der Waals surface area contributed by atoms with E-state index in [1.54, 1.807) is 0 Å². The lowest BCUT2D eigenvalue weighted by Gasteiger charge is -2.25. The van der Waals surface area contributed by atoms with Crippen LogP contribution < -0.4 is 0 Å². The average molecular weight is 355 g/mol. The summed E-state index contributed by atoms with van der Waals surface area (Å²) < 4.78 is 11.1. The lowest BCUT2D eigenvalue weighted by Crippen LogP contribution is -2.35. The number of hydrazone groups is 1. The number of fused-ring (bicyclic) bond motifs is 5. The fraction of sp³-hybridized carbons (Fsp3) is 0.526. The first-order chi connectivity index (χ1) is 12.7. The van der Waals surface area contributed by atoms with Gasteiger partial charge in [-0.05, 0) is 30.4 Å². The van der Waals surface area contributed by atoms with Crippen LogP contribution in [0.3, 0.4) is 0 Å². The number of morpholine rings is 1. The predicted octanol–water partition coefficient (Wildman–Crippen LogP) is 1.25. The molecule has 3 heterocycles. The molecule has 7 heteroatoms. The maximum Gasteiger partial charge on any atom is 0.254 e. The molecule has 0 N–H and O–H groups in total. The van der Waals surface area contributed by atoms with E-state index in [4.69, 9.17) is 9.15 Å². The molecule has 2 aliphatic heterocycles. The van der Waals surface area contributed by atoms with Gasteiger partial charge in [0, 0.05) is 13.1 Å². The zero-order valence-corrected chi connectivity index (χ0v) is 14.4. The molecule has 7 nitrogen and oxygen atoms in total. The van der Waals surface area contributed by atoms with Gasteiger partial charge in [-0.3, -0.25) is 14.5 Å². The lowest BCUT2D eigenvalue weighted by atomic mass is 9.85. The van der Waals surface area contributed by atoms with Crippen LogP contribution in [0, 0.1) is 23.7 Å². The molecule has 1 saturated carbocycles. The van der Waals surface area contributed by atoms with E-state index < -0.39 is 0 Å². The van der Waals surface area contributed by atoms with E-state index in [-0.39, 0.29) is 35.5 Å². The highest BCUT2D eigenvalue weighted by Crippen LogP contribution is 2.52. The zero-order valence-electron chi connectivity index (χ0n) is 14.4. The normalized spacial score (nSPS) is 33.8. The number of nitrogens with zero attached hydrogens (tertiary/aromatic N) is 3. The average Bonchev–Trinajstić information content (AvgIpc) is 3.41. The van der Waals surface area contributed by atoms with Crippen molar-refractivity contribution in [2.24, 2.45) is 28.8 Å². The molecule has 2 bridgehead atoms. The summed E-state index contributed by atoms with van der Waals surface area (Å²) in [7, 11) is 0. The number of hydrogen-bond acceptors (Lipinski definition) is 6. The van der Waals surface area contributed by atoms with E-state index in [0.717, 1.165) is 50.0 Å². The Bertz CT molecular complexity index is 762. The van der Waals surface area contributed by atoms with Crippen LogP contribution in [0.15, 0.2) is 33.8 Å². The molecule has 1 aromatic rings. The van der Waals surface area contributed by atoms with Gasteiger partial charge in [-0.25, -0.2) is 0 Å². The molecule has 26 heavy (non-hydrogen) atoms. The SMILES string of the molecule is O=C1[C@@H]2[C@H](C(=O)N1/N=C\c1ccc(CN3CCOCC3)o1)[C@@H]1C=C[C@H]2C1. The van der Waals surface area contributed by atoms with Crippen molar-refractivity contribution >= 4 is 18.0 Å². The fourth-order valence-electron chi connectivity index (χ4n) is 4.64. The third-order valence-electron chi connectivity index (χ3n) is 5.91. The lowest BCUT2D eigenvalue weighted by molar-refractivity contribution is -0.140. The molecule has 0 aromatic carbocycles. The van der Waals surface area contributed by atoms with E-state index in [1.807, 2.05) is 12.1 Å². The molecule has 4 aliphatic rings. The topological polar surface area (TPSA) is 75.4 Å². The molecule has 0 unspecified atom stereocenters. The molecular formula is C19H21N3O4. The maximum atomic E-state index is 12.6. The van der Waals surface area contributed by atoms with Gasteiger partial charge in [-0.15, -0.1) is 0 Å². The van der Waals surface area contributed by atoms with E-state index in [1.165, 1.54) is 6.21 Å². The summed E-state index contributed by atoms with van der Waals surface area (Å²) >= 11 is 0. The molecule has 0 spiro atoms. The van der Waals surface area contributed by atoms with Crippen LogP contribution >= 0.6 is 0 Å². The Labute approximate surface area is 151 Å². The highest BCUT2D eigenvalue weighted by atomic mass is 16.5. The van der Waals surface area contributed by atoms with Crippen molar-refractivity contribution in [2.75, 3.05) is 26.3 Å². The number of carbonyl (C=O) groups is 2. The molecule has 2 saturated heterocycles. The van der Waals surface area contributed by atoms with Crippen LogP contribution in [-0.4, -0.2) is 54.2 Å². The van der Waals surface area contributed by atoms with Crippen molar-refractivity contribution in [3.63, 3.8) is 0 Å². The molecule has 2 amide bonds. The van der Waals surface area contributed by atoms with E-state index in [9.17, 15) is 9.59 Å². The first kappa shape index (κ1) is 16.0. The molecule has 4 atom stereocenters. The van der Waals surface area contributed by atoms with E-state index in [2.05, 4.69) is 22.2 Å². The van der Waals surface area contributed by atoms with Gasteiger partial charge in [0.25, 0.3) is 11.8 Å². The van der Waals surface area contributed by atoms with E-state index in [0.29, 0.717) is 5.76 Å². The predicted molar refractivity (Wildman–Crippen MR) is 92.0 cm³/mol. The van der Waals surface area contributed by atoms with Crippen LogP contribution in [0.2, 0.25) is 0 Å². The quantitative estimate of drug-likeness (QED) is 0.462. The molecule has 3 fully saturated rings. The molecule has 136 valence electrons. The summed E-state index contributed by atoms with van der Waals surface area (Å²) in [6.07, 6.45) is 6.55. The highest BCUT2D eigenvalue weighted by Gasteiger charge is 2.59. The molecule has 2 aliphatic carbocycles. The summed E-state index contributed by atoms with van der Waals surface area (Å²) in [5.74, 6) is 1.00. The Hall–Kier alpha value is -2.25. The largest absolute Gasteiger partial charge is 0.459 e. The first-order valence-electron chi connectivity index (χ1n) is 9.19. The van der Waals surface area contributed by atoms with Crippen molar-refractivity contribution in [3.05, 3.63) is 35.8 Å². The molecular weight excluding hydrogens is 334 g/mol. The molecule has 5 rings (SSSR count). The number of imide groups is 1. The minimum atomic E-state index is -0.219. The van der Waals surface area contributed by atoms with Crippen LogP contribution in [-0.2, 0) is 20.9 Å². The fourth-order valence-corrected chi connectivity index (χ4v) is 4.64. The van der Waals surface area contributed by atoms with Crippen molar-refractivity contribution in [1.82, 2.24) is 9.91 Å². The van der Waals surface area contributed by atoms with Crippen molar-refractivity contribution in [3.8, 4) is 0 Å². The standard InChI is InChI=1S/C19H21N3O4/c23-18-16-12-1-2-13(9-12)17(16)19(24)22(18)20-10-14-3-4-15(26-14)11-21-5-7-25-8-6-21/h1-4,10,12-13,16-17H,5-9,11H2/b20-10-/t12-,13+,16-,17+. The van der Waals surface area contributed by atoms with Gasteiger partial charge in [0.2, 0.25) is 0 Å². The maximum absolute atomic E-state index is 12.6. The summed E-state index contributed by atoms with van der Waals surface area (Å²) in [5, 5.41) is 5.20. The number of amides is 2. The highest BCUT2D eigenvalue weighted by molar-refractivity contribution is 6.06. The summed E-state index contributed by atoms with van der Waals surface area (Å²) in [6.45, 7) is 3.98. The van der Waals surface area contributed by atoms with Gasteiger partial charge >= 0.3 is 0 Å². The van der Waals surface area contributed by atoms with E-state index >= 15 is 0 Å². The second-order valence-electron chi connectivity index (χ2n) is 7.43. The monoisotopic (exact) mass is 355 g/mol. The Morgan fingerprint density at radius 3 is 2.46 bits per heavy atom. The second kappa shape index (κ2) is 6.17.